The molecule has 0 radical (unpaired) electrons. The minimum Gasteiger partial charge on any atom is -0.319 e. The van der Waals surface area contributed by atoms with Gasteiger partial charge in [0.05, 0.1) is 0 Å². The van der Waals surface area contributed by atoms with E-state index in [1.54, 1.807) is 0 Å². The van der Waals surface area contributed by atoms with Crippen LogP contribution in [0.5, 0.6) is 0 Å². The van der Waals surface area contributed by atoms with Crippen molar-refractivity contribution < 1.29 is 0 Å². The van der Waals surface area contributed by atoms with Crippen molar-refractivity contribution in [1.82, 2.24) is 9.88 Å². The van der Waals surface area contributed by atoms with Gasteiger partial charge in [0.15, 0.2) is 0 Å². The Balaban J connectivity index is 1.65. The molecule has 0 unspecified atom stereocenters. The normalized spacial score (nSPS) is 17.9. The van der Waals surface area contributed by atoms with E-state index in [1.165, 1.54) is 22.5 Å². The fraction of sp³-hybridized carbons (Fsp3) is 0.238. The monoisotopic (exact) mass is 302 g/mol. The second-order valence-corrected chi connectivity index (χ2v) is 6.41. The van der Waals surface area contributed by atoms with Crippen molar-refractivity contribution in [2.24, 2.45) is 0 Å². The highest BCUT2D eigenvalue weighted by molar-refractivity contribution is 5.45. The molecule has 2 heteroatoms. The van der Waals surface area contributed by atoms with Gasteiger partial charge in [0.25, 0.3) is 0 Å². The van der Waals surface area contributed by atoms with Crippen molar-refractivity contribution in [3.63, 3.8) is 0 Å². The average Bonchev–Trinajstić information content (AvgIpc) is 3.04. The van der Waals surface area contributed by atoms with Crippen LogP contribution < -0.4 is 5.32 Å². The lowest BCUT2D eigenvalue weighted by atomic mass is 9.92. The highest BCUT2D eigenvalue weighted by Gasteiger charge is 2.23. The molecule has 2 nitrogen and oxygen atoms in total. The van der Waals surface area contributed by atoms with Crippen LogP contribution in [-0.2, 0) is 6.54 Å². The number of nitrogens with zero attached hydrogens (tertiary/aromatic N) is 1. The van der Waals surface area contributed by atoms with Crippen LogP contribution in [0, 0.1) is 0 Å². The second-order valence-electron chi connectivity index (χ2n) is 6.41. The van der Waals surface area contributed by atoms with Gasteiger partial charge in [0, 0.05) is 30.2 Å². The van der Waals surface area contributed by atoms with E-state index < -0.39 is 0 Å². The number of aromatic nitrogens is 1. The third-order valence-corrected chi connectivity index (χ3v) is 4.89. The van der Waals surface area contributed by atoms with Crippen molar-refractivity contribution in [2.75, 3.05) is 0 Å². The van der Waals surface area contributed by atoms with Crippen LogP contribution in [0.15, 0.2) is 72.9 Å². The van der Waals surface area contributed by atoms with Gasteiger partial charge in [-0.15, -0.1) is 0 Å². The van der Waals surface area contributed by atoms with Crippen LogP contribution in [0.4, 0.5) is 0 Å². The van der Waals surface area contributed by atoms with Crippen LogP contribution >= 0.6 is 0 Å². The third-order valence-electron chi connectivity index (χ3n) is 4.89. The lowest BCUT2D eigenvalue weighted by molar-refractivity contribution is 0.459. The molecule has 2 aromatic carbocycles. The van der Waals surface area contributed by atoms with Crippen LogP contribution in [0.25, 0.3) is 5.69 Å². The summed E-state index contributed by atoms with van der Waals surface area (Å²) in [6, 6.07) is 24.2. The largest absolute Gasteiger partial charge is 0.319 e. The molecule has 0 aliphatic carbocycles. The summed E-state index contributed by atoms with van der Waals surface area (Å²) in [6.45, 7) is 3.24. The molecule has 0 saturated carbocycles. The Morgan fingerprint density at radius 1 is 1.00 bits per heavy atom. The molecule has 0 amide bonds. The van der Waals surface area contributed by atoms with E-state index in [1.807, 2.05) is 0 Å². The molecule has 4 rings (SSSR count). The van der Waals surface area contributed by atoms with E-state index in [0.29, 0.717) is 12.0 Å². The first-order chi connectivity index (χ1) is 11.3. The molecular weight excluding hydrogens is 280 g/mol. The molecule has 0 saturated heterocycles. The molecule has 23 heavy (non-hydrogen) atoms. The van der Waals surface area contributed by atoms with Crippen molar-refractivity contribution >= 4 is 0 Å². The molecule has 0 spiro atoms. The van der Waals surface area contributed by atoms with E-state index in [0.717, 1.165) is 13.0 Å². The van der Waals surface area contributed by atoms with Gasteiger partial charge in [-0.1, -0.05) is 55.5 Å². The van der Waals surface area contributed by atoms with Gasteiger partial charge in [-0.05, 0) is 41.7 Å². The van der Waals surface area contributed by atoms with Crippen LogP contribution in [0.2, 0.25) is 0 Å². The molecular formula is C21H22N2. The molecule has 1 aliphatic rings. The van der Waals surface area contributed by atoms with Crippen molar-refractivity contribution in [2.45, 2.75) is 31.8 Å². The summed E-state index contributed by atoms with van der Waals surface area (Å²) in [7, 11) is 0. The van der Waals surface area contributed by atoms with E-state index in [-0.39, 0.29) is 0 Å². The van der Waals surface area contributed by atoms with Crippen LogP contribution in [-0.4, -0.2) is 4.57 Å². The Morgan fingerprint density at radius 2 is 1.78 bits per heavy atom. The maximum absolute atomic E-state index is 3.76. The Bertz CT molecular complexity index is 788. The predicted molar refractivity (Wildman–Crippen MR) is 94.8 cm³/mol. The zero-order chi connectivity index (χ0) is 15.6. The molecule has 1 aliphatic heterocycles. The van der Waals surface area contributed by atoms with Gasteiger partial charge >= 0.3 is 0 Å². The van der Waals surface area contributed by atoms with Crippen molar-refractivity contribution in [3.8, 4) is 5.69 Å². The number of nitrogens with one attached hydrogen (secondary N) is 1. The van der Waals surface area contributed by atoms with Gasteiger partial charge in [0.2, 0.25) is 0 Å². The first-order valence-corrected chi connectivity index (χ1v) is 8.37. The fourth-order valence-corrected chi connectivity index (χ4v) is 3.61. The maximum atomic E-state index is 3.76. The summed E-state index contributed by atoms with van der Waals surface area (Å²) in [5.41, 5.74) is 5.43. The first-order valence-electron chi connectivity index (χ1n) is 8.37. The molecule has 3 aromatic rings. The maximum Gasteiger partial charge on any atom is 0.0497 e. The highest BCUT2D eigenvalue weighted by atomic mass is 15.1. The van der Waals surface area contributed by atoms with E-state index >= 15 is 0 Å². The van der Waals surface area contributed by atoms with Crippen LogP contribution in [0.3, 0.4) is 0 Å². The first kappa shape index (κ1) is 14.3. The van der Waals surface area contributed by atoms with Gasteiger partial charge < -0.3 is 9.88 Å². The van der Waals surface area contributed by atoms with Crippen molar-refractivity contribution in [1.29, 1.82) is 0 Å². The van der Waals surface area contributed by atoms with Crippen molar-refractivity contribution in [3.05, 3.63) is 89.7 Å². The molecule has 0 bridgehead atoms. The Hall–Kier alpha value is -2.32. The Labute approximate surface area is 137 Å². The lowest BCUT2D eigenvalue weighted by Crippen LogP contribution is -2.21. The standard InChI is InChI=1S/C21H22N2/c1-16(17-8-3-2-4-9-17)14-19-21-12-7-13-23(21)20-11-6-5-10-18(20)15-22-19/h2-13,16,19,22H,14-15H2,1H3/t16-,19+/m1/s1. The minimum atomic E-state index is 0.368. The minimum absolute atomic E-state index is 0.368. The number of rotatable bonds is 3. The van der Waals surface area contributed by atoms with Gasteiger partial charge in [-0.25, -0.2) is 0 Å². The number of hydrogen-bond acceptors (Lipinski definition) is 1. The quantitative estimate of drug-likeness (QED) is 0.734. The summed E-state index contributed by atoms with van der Waals surface area (Å²) in [4.78, 5) is 0. The zero-order valence-electron chi connectivity index (χ0n) is 13.4. The Kier molecular flexibility index (Phi) is 3.76. The number of fused-ring (bicyclic) bond motifs is 3. The topological polar surface area (TPSA) is 17.0 Å². The SMILES string of the molecule is C[C@H](C[C@@H]1NCc2ccccc2-n2cccc21)c1ccccc1. The molecule has 2 heterocycles. The van der Waals surface area contributed by atoms with E-state index in [4.69, 9.17) is 0 Å². The van der Waals surface area contributed by atoms with E-state index in [9.17, 15) is 0 Å². The Morgan fingerprint density at radius 3 is 2.65 bits per heavy atom. The summed E-state index contributed by atoms with van der Waals surface area (Å²) in [5.74, 6) is 0.526. The molecule has 0 fully saturated rings. The van der Waals surface area contributed by atoms with Gasteiger partial charge in [-0.2, -0.15) is 0 Å². The van der Waals surface area contributed by atoms with Gasteiger partial charge in [0.1, 0.15) is 0 Å². The average molecular weight is 302 g/mol. The van der Waals surface area contributed by atoms with Crippen LogP contribution in [0.1, 0.15) is 42.1 Å². The number of para-hydroxylation sites is 1. The second kappa shape index (κ2) is 6.05. The summed E-state index contributed by atoms with van der Waals surface area (Å²) >= 11 is 0. The van der Waals surface area contributed by atoms with Gasteiger partial charge in [-0.3, -0.25) is 0 Å². The highest BCUT2D eigenvalue weighted by Crippen LogP contribution is 2.32. The lowest BCUT2D eigenvalue weighted by Gasteiger charge is -2.22. The molecule has 116 valence electrons. The third kappa shape index (κ3) is 2.71. The summed E-state index contributed by atoms with van der Waals surface area (Å²) in [6.07, 6.45) is 3.28. The number of benzene rings is 2. The fourth-order valence-electron chi connectivity index (χ4n) is 3.61. The smallest absolute Gasteiger partial charge is 0.0497 e. The number of hydrogen-bond donors (Lipinski definition) is 1. The molecule has 1 aromatic heterocycles. The predicted octanol–water partition coefficient (Wildman–Crippen LogP) is 4.82. The summed E-state index contributed by atoms with van der Waals surface area (Å²) in [5, 5.41) is 3.76. The van der Waals surface area contributed by atoms with E-state index in [2.05, 4.69) is 89.7 Å². The molecule has 1 N–H and O–H groups in total. The summed E-state index contributed by atoms with van der Waals surface area (Å²) < 4.78 is 2.34. The molecule has 2 atom stereocenters. The zero-order valence-corrected chi connectivity index (χ0v) is 13.4.